The first-order chi connectivity index (χ1) is 7.69. The fraction of sp³-hybridized carbons (Fsp3) is 0.438. The summed E-state index contributed by atoms with van der Waals surface area (Å²) in [7, 11) is 0. The van der Waals surface area contributed by atoms with E-state index in [1.807, 2.05) is 0 Å². The number of allylic oxidation sites excluding steroid dienone is 1. The summed E-state index contributed by atoms with van der Waals surface area (Å²) in [5.41, 5.74) is 8.85. The number of rotatable bonds is 4. The summed E-state index contributed by atoms with van der Waals surface area (Å²) in [5.74, 6) is 0. The second-order valence-electron chi connectivity index (χ2n) is 4.30. The van der Waals surface area contributed by atoms with E-state index in [4.69, 9.17) is 0 Å². The van der Waals surface area contributed by atoms with Gasteiger partial charge in [0.25, 0.3) is 0 Å². The third-order valence-corrected chi connectivity index (χ3v) is 2.70. The molecule has 1 rings (SSSR count). The fourth-order valence-corrected chi connectivity index (χ4v) is 1.82. The van der Waals surface area contributed by atoms with Gasteiger partial charge in [0.2, 0.25) is 0 Å². The van der Waals surface area contributed by atoms with Crippen LogP contribution in [0.2, 0.25) is 0 Å². The summed E-state index contributed by atoms with van der Waals surface area (Å²) in [6.45, 7) is 8.70. The van der Waals surface area contributed by atoms with Crippen molar-refractivity contribution in [2.24, 2.45) is 0 Å². The largest absolute Gasteiger partial charge is 0.121 e. The van der Waals surface area contributed by atoms with E-state index in [1.165, 1.54) is 28.7 Å². The molecule has 0 saturated carbocycles. The van der Waals surface area contributed by atoms with Gasteiger partial charge in [0.05, 0.1) is 0 Å². The van der Waals surface area contributed by atoms with Gasteiger partial charge in [0.1, 0.15) is 0 Å². The molecule has 0 amide bonds. The molecule has 16 heavy (non-hydrogen) atoms. The second kappa shape index (κ2) is 6.35. The zero-order valence-corrected chi connectivity index (χ0v) is 10.9. The molecule has 0 bridgehead atoms. The van der Waals surface area contributed by atoms with Crippen molar-refractivity contribution < 1.29 is 0 Å². The molecule has 1 aromatic rings. The number of benzene rings is 1. The Morgan fingerprint density at radius 3 is 2.62 bits per heavy atom. The molecule has 0 aliphatic carbocycles. The SMILES string of the molecule is CCC=C=C(CCC)c1cc(C)ccc1C. The Morgan fingerprint density at radius 1 is 1.25 bits per heavy atom. The van der Waals surface area contributed by atoms with Crippen LogP contribution in [0.3, 0.4) is 0 Å². The summed E-state index contributed by atoms with van der Waals surface area (Å²) < 4.78 is 0. The molecule has 0 fully saturated rings. The monoisotopic (exact) mass is 214 g/mol. The highest BCUT2D eigenvalue weighted by molar-refractivity contribution is 5.68. The molecule has 0 atom stereocenters. The average Bonchev–Trinajstić information content (AvgIpc) is 2.28. The maximum absolute atomic E-state index is 3.45. The molecule has 0 aliphatic heterocycles. The topological polar surface area (TPSA) is 0 Å². The zero-order chi connectivity index (χ0) is 12.0. The van der Waals surface area contributed by atoms with Crippen molar-refractivity contribution in [1.82, 2.24) is 0 Å². The van der Waals surface area contributed by atoms with Crippen LogP contribution in [0.1, 0.15) is 49.8 Å². The maximum Gasteiger partial charge on any atom is 0.00113 e. The second-order valence-corrected chi connectivity index (χ2v) is 4.30. The maximum atomic E-state index is 3.45. The van der Waals surface area contributed by atoms with E-state index >= 15 is 0 Å². The minimum Gasteiger partial charge on any atom is -0.121 e. The van der Waals surface area contributed by atoms with Crippen LogP contribution in [0.4, 0.5) is 0 Å². The van der Waals surface area contributed by atoms with Gasteiger partial charge >= 0.3 is 0 Å². The van der Waals surface area contributed by atoms with E-state index in [9.17, 15) is 0 Å². The van der Waals surface area contributed by atoms with E-state index in [0.29, 0.717) is 0 Å². The number of aryl methyl sites for hydroxylation is 2. The van der Waals surface area contributed by atoms with E-state index in [1.54, 1.807) is 0 Å². The van der Waals surface area contributed by atoms with Crippen molar-refractivity contribution in [2.45, 2.75) is 47.0 Å². The van der Waals surface area contributed by atoms with Gasteiger partial charge in [-0.1, -0.05) is 44.0 Å². The van der Waals surface area contributed by atoms with Crippen molar-refractivity contribution in [3.05, 3.63) is 46.7 Å². The van der Waals surface area contributed by atoms with Gasteiger partial charge in [-0.25, -0.2) is 0 Å². The van der Waals surface area contributed by atoms with E-state index < -0.39 is 0 Å². The molecule has 0 heterocycles. The van der Waals surface area contributed by atoms with Crippen molar-refractivity contribution in [2.75, 3.05) is 0 Å². The Balaban J connectivity index is 3.20. The summed E-state index contributed by atoms with van der Waals surface area (Å²) in [6.07, 6.45) is 5.47. The van der Waals surface area contributed by atoms with E-state index in [0.717, 1.165) is 12.8 Å². The molecular weight excluding hydrogens is 192 g/mol. The van der Waals surface area contributed by atoms with Crippen LogP contribution in [-0.4, -0.2) is 0 Å². The van der Waals surface area contributed by atoms with Gasteiger partial charge < -0.3 is 0 Å². The molecule has 0 aliphatic rings. The molecule has 86 valence electrons. The molecule has 0 aromatic heterocycles. The predicted octanol–water partition coefficient (Wildman–Crippen LogP) is 5.05. The quantitative estimate of drug-likeness (QED) is 0.615. The van der Waals surface area contributed by atoms with Crippen LogP contribution < -0.4 is 0 Å². The Hall–Kier alpha value is -1.26. The van der Waals surface area contributed by atoms with Gasteiger partial charge in [-0.3, -0.25) is 0 Å². The van der Waals surface area contributed by atoms with Crippen LogP contribution >= 0.6 is 0 Å². The molecule has 0 heteroatoms. The standard InChI is InChI=1S/C16H22/c1-5-7-9-15(8-6-2)16-12-13(3)10-11-14(16)4/h7,10-12H,5-6,8H2,1-4H3. The summed E-state index contributed by atoms with van der Waals surface area (Å²) in [6, 6.07) is 6.65. The van der Waals surface area contributed by atoms with Gasteiger partial charge in [0, 0.05) is 5.57 Å². The van der Waals surface area contributed by atoms with Gasteiger partial charge in [-0.2, -0.15) is 0 Å². The minimum atomic E-state index is 1.05. The minimum absolute atomic E-state index is 1.05. The van der Waals surface area contributed by atoms with Crippen LogP contribution in [-0.2, 0) is 0 Å². The molecule has 1 aromatic carbocycles. The Labute approximate surface area is 99.7 Å². The van der Waals surface area contributed by atoms with Crippen LogP contribution in [0, 0.1) is 13.8 Å². The van der Waals surface area contributed by atoms with E-state index in [2.05, 4.69) is 57.7 Å². The predicted molar refractivity (Wildman–Crippen MR) is 72.6 cm³/mol. The van der Waals surface area contributed by atoms with Crippen LogP contribution in [0.5, 0.6) is 0 Å². The third kappa shape index (κ3) is 3.40. The number of hydrogen-bond donors (Lipinski definition) is 0. The molecule has 0 N–H and O–H groups in total. The zero-order valence-electron chi connectivity index (χ0n) is 10.9. The summed E-state index contributed by atoms with van der Waals surface area (Å²) in [5, 5.41) is 0. The molecule has 0 spiro atoms. The normalized spacial score (nSPS) is 9.75. The van der Waals surface area contributed by atoms with Crippen LogP contribution in [0.25, 0.3) is 5.57 Å². The van der Waals surface area contributed by atoms with Gasteiger partial charge in [-0.15, -0.1) is 5.73 Å². The first-order valence-electron chi connectivity index (χ1n) is 6.20. The highest BCUT2D eigenvalue weighted by atomic mass is 14.1. The third-order valence-electron chi connectivity index (χ3n) is 2.70. The summed E-state index contributed by atoms with van der Waals surface area (Å²) in [4.78, 5) is 0. The van der Waals surface area contributed by atoms with Crippen LogP contribution in [0.15, 0.2) is 30.0 Å². The van der Waals surface area contributed by atoms with Crippen molar-refractivity contribution in [3.8, 4) is 0 Å². The van der Waals surface area contributed by atoms with Gasteiger partial charge in [-0.05, 0) is 43.9 Å². The molecule has 0 nitrogen and oxygen atoms in total. The smallest absolute Gasteiger partial charge is 0.00113 e. The first-order valence-corrected chi connectivity index (χ1v) is 6.20. The van der Waals surface area contributed by atoms with Gasteiger partial charge in [0.15, 0.2) is 0 Å². The Kier molecular flexibility index (Phi) is 5.08. The van der Waals surface area contributed by atoms with Crippen molar-refractivity contribution in [1.29, 1.82) is 0 Å². The Bertz CT molecular complexity index is 404. The number of hydrogen-bond acceptors (Lipinski definition) is 0. The summed E-state index contributed by atoms with van der Waals surface area (Å²) >= 11 is 0. The lowest BCUT2D eigenvalue weighted by atomic mass is 9.96. The molecule has 0 unspecified atom stereocenters. The lowest BCUT2D eigenvalue weighted by Crippen LogP contribution is -1.89. The highest BCUT2D eigenvalue weighted by Crippen LogP contribution is 2.23. The fourth-order valence-electron chi connectivity index (χ4n) is 1.82. The molecular formula is C16H22. The average molecular weight is 214 g/mol. The molecule has 0 saturated heterocycles. The van der Waals surface area contributed by atoms with Crippen molar-refractivity contribution >= 4 is 5.57 Å². The highest BCUT2D eigenvalue weighted by Gasteiger charge is 2.03. The molecule has 0 radical (unpaired) electrons. The lowest BCUT2D eigenvalue weighted by Gasteiger charge is -2.08. The lowest BCUT2D eigenvalue weighted by molar-refractivity contribution is 0.972. The first kappa shape index (κ1) is 12.8. The van der Waals surface area contributed by atoms with E-state index in [-0.39, 0.29) is 0 Å². The van der Waals surface area contributed by atoms with Crippen molar-refractivity contribution in [3.63, 3.8) is 0 Å². The Morgan fingerprint density at radius 2 is 2.00 bits per heavy atom.